The van der Waals surface area contributed by atoms with Gasteiger partial charge in [-0.05, 0) is 12.2 Å². The van der Waals surface area contributed by atoms with Gasteiger partial charge in [0.2, 0.25) is 0 Å². The van der Waals surface area contributed by atoms with E-state index in [2.05, 4.69) is 12.2 Å². The third-order valence-electron chi connectivity index (χ3n) is 1.95. The van der Waals surface area contributed by atoms with Crippen LogP contribution in [0.25, 0.3) is 0 Å². The molecule has 0 aliphatic heterocycles. The normalized spacial score (nSPS) is 12.9. The minimum absolute atomic E-state index is 0.160. The maximum absolute atomic E-state index is 11.4. The number of nitrogens with one attached hydrogen (secondary N) is 1. The van der Waals surface area contributed by atoms with Crippen molar-refractivity contribution in [1.29, 1.82) is 0 Å². The minimum atomic E-state index is -0.170. The van der Waals surface area contributed by atoms with Crippen molar-refractivity contribution in [3.63, 3.8) is 0 Å². The lowest BCUT2D eigenvalue weighted by Crippen LogP contribution is -2.43. The van der Waals surface area contributed by atoms with Crippen molar-refractivity contribution in [3.05, 3.63) is 0 Å². The number of carbonyl (C=O) groups excluding carboxylic acids is 1. The molecule has 0 aromatic heterocycles. The highest BCUT2D eigenvalue weighted by atomic mass is 32.2. The molecular formula is C11H23NO2S. The number of esters is 1. The van der Waals surface area contributed by atoms with Crippen LogP contribution < -0.4 is 5.32 Å². The summed E-state index contributed by atoms with van der Waals surface area (Å²) in [5, 5.41) is 3.21. The lowest BCUT2D eigenvalue weighted by Gasteiger charge is -2.18. The first-order chi connectivity index (χ1) is 7.11. The molecule has 0 aromatic carbocycles. The summed E-state index contributed by atoms with van der Waals surface area (Å²) in [4.78, 5) is 11.4. The number of ether oxygens (including phenoxy) is 1. The molecule has 0 heterocycles. The summed E-state index contributed by atoms with van der Waals surface area (Å²) < 4.78 is 4.76. The van der Waals surface area contributed by atoms with E-state index in [-0.39, 0.29) is 12.0 Å². The predicted molar refractivity (Wildman–Crippen MR) is 66.3 cm³/mol. The summed E-state index contributed by atoms with van der Waals surface area (Å²) in [7, 11) is 1.44. The second-order valence-corrected chi connectivity index (χ2v) is 4.98. The van der Waals surface area contributed by atoms with Crippen LogP contribution >= 0.6 is 11.8 Å². The monoisotopic (exact) mass is 233 g/mol. The Hall–Kier alpha value is -0.220. The molecule has 1 N–H and O–H groups in total. The molecule has 0 fully saturated rings. The topological polar surface area (TPSA) is 38.3 Å². The van der Waals surface area contributed by atoms with Crippen LogP contribution in [-0.2, 0) is 9.53 Å². The second kappa shape index (κ2) is 9.04. The number of rotatable bonds is 8. The van der Waals surface area contributed by atoms with Crippen LogP contribution in [0.1, 0.15) is 33.6 Å². The average Bonchev–Trinajstić information content (AvgIpc) is 2.21. The SMILES string of the molecule is CCCCSCC(NC(C)C)C(=O)OC. The van der Waals surface area contributed by atoms with Gasteiger partial charge >= 0.3 is 5.97 Å². The zero-order valence-electron chi connectivity index (χ0n) is 10.2. The van der Waals surface area contributed by atoms with Crippen LogP contribution in [0.4, 0.5) is 0 Å². The number of thioether (sulfide) groups is 1. The maximum atomic E-state index is 11.4. The van der Waals surface area contributed by atoms with E-state index in [4.69, 9.17) is 4.74 Å². The second-order valence-electron chi connectivity index (χ2n) is 3.83. The van der Waals surface area contributed by atoms with Crippen molar-refractivity contribution in [2.24, 2.45) is 0 Å². The fourth-order valence-electron chi connectivity index (χ4n) is 1.18. The Morgan fingerprint density at radius 1 is 1.47 bits per heavy atom. The molecule has 4 heteroatoms. The van der Waals surface area contributed by atoms with Gasteiger partial charge in [-0.3, -0.25) is 4.79 Å². The molecule has 0 saturated heterocycles. The summed E-state index contributed by atoms with van der Waals surface area (Å²) in [5.74, 6) is 1.75. The molecule has 0 amide bonds. The van der Waals surface area contributed by atoms with Crippen LogP contribution in [-0.4, -0.2) is 36.7 Å². The predicted octanol–water partition coefficient (Wildman–Crippen LogP) is 2.06. The van der Waals surface area contributed by atoms with Gasteiger partial charge in [-0.25, -0.2) is 0 Å². The Bertz CT molecular complexity index is 174. The van der Waals surface area contributed by atoms with Crippen molar-refractivity contribution >= 4 is 17.7 Å². The lowest BCUT2D eigenvalue weighted by atomic mass is 10.3. The van der Waals surface area contributed by atoms with Crippen molar-refractivity contribution in [3.8, 4) is 0 Å². The third-order valence-corrected chi connectivity index (χ3v) is 3.09. The van der Waals surface area contributed by atoms with Gasteiger partial charge in [-0.15, -0.1) is 0 Å². The molecule has 0 saturated carbocycles. The van der Waals surface area contributed by atoms with Gasteiger partial charge in [0, 0.05) is 11.8 Å². The van der Waals surface area contributed by atoms with Crippen LogP contribution in [0.15, 0.2) is 0 Å². The van der Waals surface area contributed by atoms with Gasteiger partial charge in [0.05, 0.1) is 7.11 Å². The molecule has 0 spiro atoms. The molecule has 0 aliphatic carbocycles. The number of hydrogen-bond donors (Lipinski definition) is 1. The number of carbonyl (C=O) groups is 1. The zero-order valence-corrected chi connectivity index (χ0v) is 11.0. The highest BCUT2D eigenvalue weighted by molar-refractivity contribution is 7.99. The smallest absolute Gasteiger partial charge is 0.323 e. The van der Waals surface area contributed by atoms with Crippen molar-refractivity contribution in [2.75, 3.05) is 18.6 Å². The van der Waals surface area contributed by atoms with Crippen LogP contribution in [0, 0.1) is 0 Å². The molecule has 0 bridgehead atoms. The van der Waals surface area contributed by atoms with Gasteiger partial charge in [0.1, 0.15) is 6.04 Å². The first kappa shape index (κ1) is 14.8. The molecule has 0 rings (SSSR count). The van der Waals surface area contributed by atoms with Crippen molar-refractivity contribution < 1.29 is 9.53 Å². The van der Waals surface area contributed by atoms with E-state index in [9.17, 15) is 4.79 Å². The Labute approximate surface area is 97.3 Å². The zero-order chi connectivity index (χ0) is 11.7. The van der Waals surface area contributed by atoms with Crippen LogP contribution in [0.3, 0.4) is 0 Å². The molecule has 0 aromatic rings. The van der Waals surface area contributed by atoms with E-state index in [1.165, 1.54) is 20.0 Å². The third kappa shape index (κ3) is 7.68. The van der Waals surface area contributed by atoms with E-state index < -0.39 is 0 Å². The quantitative estimate of drug-likeness (QED) is 0.514. The number of methoxy groups -OCH3 is 1. The highest BCUT2D eigenvalue weighted by Crippen LogP contribution is 2.08. The first-order valence-corrected chi connectivity index (χ1v) is 6.68. The summed E-state index contributed by atoms with van der Waals surface area (Å²) in [6.07, 6.45) is 2.41. The van der Waals surface area contributed by atoms with Gasteiger partial charge < -0.3 is 10.1 Å². The van der Waals surface area contributed by atoms with E-state index in [1.54, 1.807) is 0 Å². The molecular weight excluding hydrogens is 210 g/mol. The first-order valence-electron chi connectivity index (χ1n) is 5.53. The Kier molecular flexibility index (Phi) is 8.91. The average molecular weight is 233 g/mol. The van der Waals surface area contributed by atoms with E-state index >= 15 is 0 Å². The highest BCUT2D eigenvalue weighted by Gasteiger charge is 2.19. The largest absolute Gasteiger partial charge is 0.468 e. The molecule has 0 aliphatic rings. The summed E-state index contributed by atoms with van der Waals surface area (Å²) in [5.41, 5.74) is 0. The Morgan fingerprint density at radius 2 is 2.13 bits per heavy atom. The lowest BCUT2D eigenvalue weighted by molar-refractivity contribution is -0.142. The molecule has 3 nitrogen and oxygen atoms in total. The van der Waals surface area contributed by atoms with Crippen LogP contribution in [0.2, 0.25) is 0 Å². The summed E-state index contributed by atoms with van der Waals surface area (Å²) in [6, 6.07) is 0.137. The molecule has 1 atom stereocenters. The standard InChI is InChI=1S/C11H23NO2S/c1-5-6-7-15-8-10(11(13)14-4)12-9(2)3/h9-10,12H,5-8H2,1-4H3. The minimum Gasteiger partial charge on any atom is -0.468 e. The van der Waals surface area contributed by atoms with Crippen molar-refractivity contribution in [1.82, 2.24) is 5.32 Å². The molecule has 0 radical (unpaired) electrons. The van der Waals surface area contributed by atoms with E-state index in [0.29, 0.717) is 6.04 Å². The van der Waals surface area contributed by atoms with Gasteiger partial charge in [0.15, 0.2) is 0 Å². The Balaban J connectivity index is 3.85. The van der Waals surface area contributed by atoms with Gasteiger partial charge in [-0.2, -0.15) is 11.8 Å². The van der Waals surface area contributed by atoms with Gasteiger partial charge in [-0.1, -0.05) is 27.2 Å². The van der Waals surface area contributed by atoms with E-state index in [1.807, 2.05) is 25.6 Å². The van der Waals surface area contributed by atoms with Crippen molar-refractivity contribution in [2.45, 2.75) is 45.7 Å². The number of hydrogen-bond acceptors (Lipinski definition) is 4. The van der Waals surface area contributed by atoms with E-state index in [0.717, 1.165) is 11.5 Å². The van der Waals surface area contributed by atoms with Gasteiger partial charge in [0.25, 0.3) is 0 Å². The maximum Gasteiger partial charge on any atom is 0.323 e. The fourth-order valence-corrected chi connectivity index (χ4v) is 2.30. The molecule has 1 unspecified atom stereocenters. The fraction of sp³-hybridized carbons (Fsp3) is 0.909. The van der Waals surface area contributed by atoms with Crippen LogP contribution in [0.5, 0.6) is 0 Å². The number of unbranched alkanes of at least 4 members (excludes halogenated alkanes) is 1. The summed E-state index contributed by atoms with van der Waals surface area (Å²) in [6.45, 7) is 6.24. The molecule has 90 valence electrons. The molecule has 15 heavy (non-hydrogen) atoms. The Morgan fingerprint density at radius 3 is 2.60 bits per heavy atom. The summed E-state index contributed by atoms with van der Waals surface area (Å²) >= 11 is 1.81.